The number of hydrogen-bond acceptors (Lipinski definition) is 5. The predicted molar refractivity (Wildman–Crippen MR) is 106 cm³/mol. The molecule has 8 heteroatoms. The van der Waals surface area contributed by atoms with Gasteiger partial charge in [-0.15, -0.1) is 12.4 Å². The van der Waals surface area contributed by atoms with Gasteiger partial charge in [0.2, 0.25) is 5.91 Å². The second-order valence-corrected chi connectivity index (χ2v) is 7.14. The van der Waals surface area contributed by atoms with E-state index >= 15 is 0 Å². The number of pyridine rings is 1. The molecule has 1 atom stereocenters. The molecule has 3 rings (SSSR count). The summed E-state index contributed by atoms with van der Waals surface area (Å²) in [6.07, 6.45) is 5.34. The maximum absolute atomic E-state index is 13.3. The maximum atomic E-state index is 13.3. The lowest BCUT2D eigenvalue weighted by molar-refractivity contribution is -0.167. The molecule has 1 aromatic rings. The average Bonchev–Trinajstić information content (AvgIpc) is 2.70. The number of carboxylic acids is 1. The first-order chi connectivity index (χ1) is 12.6. The molecule has 1 aromatic heterocycles. The van der Waals surface area contributed by atoms with E-state index < -0.39 is 11.4 Å². The lowest BCUT2D eigenvalue weighted by atomic mass is 9.68. The van der Waals surface area contributed by atoms with Crippen LogP contribution in [0.2, 0.25) is 0 Å². The van der Waals surface area contributed by atoms with Crippen molar-refractivity contribution in [1.29, 1.82) is 0 Å². The Balaban J connectivity index is 0.00000261. The number of hydrogen-bond donors (Lipinski definition) is 2. The molecule has 2 aliphatic heterocycles. The molecule has 0 aliphatic carbocycles. The van der Waals surface area contributed by atoms with Crippen molar-refractivity contribution in [2.24, 2.45) is 11.3 Å². The van der Waals surface area contributed by atoms with Crippen molar-refractivity contribution in [2.75, 3.05) is 44.2 Å². The van der Waals surface area contributed by atoms with Gasteiger partial charge in [-0.2, -0.15) is 0 Å². The van der Waals surface area contributed by atoms with E-state index in [4.69, 9.17) is 0 Å². The minimum Gasteiger partial charge on any atom is -0.480 e. The van der Waals surface area contributed by atoms with Gasteiger partial charge in [0.05, 0.1) is 0 Å². The number of anilines is 1. The topological polar surface area (TPSA) is 85.8 Å². The van der Waals surface area contributed by atoms with Crippen molar-refractivity contribution in [3.05, 3.63) is 24.5 Å². The summed E-state index contributed by atoms with van der Waals surface area (Å²) >= 11 is 0. The Bertz CT molecular complexity index is 631. The Morgan fingerprint density at radius 1 is 1.19 bits per heavy atom. The molecule has 0 bridgehead atoms. The van der Waals surface area contributed by atoms with Crippen LogP contribution in [0.5, 0.6) is 0 Å². The van der Waals surface area contributed by atoms with Crippen molar-refractivity contribution in [3.8, 4) is 0 Å². The van der Waals surface area contributed by atoms with Gasteiger partial charge in [-0.3, -0.25) is 14.6 Å². The van der Waals surface area contributed by atoms with Crippen molar-refractivity contribution in [3.63, 3.8) is 0 Å². The molecule has 0 saturated carbocycles. The summed E-state index contributed by atoms with van der Waals surface area (Å²) in [4.78, 5) is 33.6. The Hall–Kier alpha value is -1.86. The molecular weight excluding hydrogens is 368 g/mol. The van der Waals surface area contributed by atoms with Gasteiger partial charge in [0.1, 0.15) is 5.41 Å². The Morgan fingerprint density at radius 3 is 2.30 bits per heavy atom. The number of aromatic nitrogens is 1. The Morgan fingerprint density at radius 2 is 1.78 bits per heavy atom. The summed E-state index contributed by atoms with van der Waals surface area (Å²) in [6, 6.07) is 3.92. The molecule has 0 aromatic carbocycles. The molecule has 1 unspecified atom stereocenters. The number of aliphatic carboxylic acids is 1. The number of piperidine rings is 1. The first kappa shape index (κ1) is 21.4. The van der Waals surface area contributed by atoms with Gasteiger partial charge in [-0.25, -0.2) is 0 Å². The third kappa shape index (κ3) is 4.19. The standard InChI is InChI=1S/C19H28N4O3.ClH/c1-2-19(18(25)26,15-3-7-20-8-4-15)17(24)23-13-11-22(12-14-23)16-5-9-21-10-6-16;/h5-6,9-10,15,20H,2-4,7-8,11-14H2,1H3,(H,25,26);1H. The number of amides is 1. The molecule has 2 fully saturated rings. The molecule has 150 valence electrons. The number of piperazine rings is 1. The predicted octanol–water partition coefficient (Wildman–Crippen LogP) is 1.63. The zero-order valence-corrected chi connectivity index (χ0v) is 16.6. The normalized spacial score (nSPS) is 20.5. The molecule has 0 radical (unpaired) electrons. The van der Waals surface area contributed by atoms with Gasteiger partial charge < -0.3 is 20.2 Å². The summed E-state index contributed by atoms with van der Waals surface area (Å²) in [7, 11) is 0. The highest BCUT2D eigenvalue weighted by Crippen LogP contribution is 2.40. The van der Waals surface area contributed by atoms with E-state index in [1.165, 1.54) is 0 Å². The van der Waals surface area contributed by atoms with Crippen molar-refractivity contribution < 1.29 is 14.7 Å². The summed E-state index contributed by atoms with van der Waals surface area (Å²) in [5.74, 6) is -1.26. The van der Waals surface area contributed by atoms with Crippen LogP contribution in [0.3, 0.4) is 0 Å². The van der Waals surface area contributed by atoms with Crippen LogP contribution < -0.4 is 10.2 Å². The van der Waals surface area contributed by atoms with Gasteiger partial charge in [0.25, 0.3) is 0 Å². The number of nitrogens with one attached hydrogen (secondary N) is 1. The van der Waals surface area contributed by atoms with E-state index in [-0.39, 0.29) is 24.2 Å². The highest BCUT2D eigenvalue weighted by Gasteiger charge is 2.52. The van der Waals surface area contributed by atoms with Crippen LogP contribution in [0.4, 0.5) is 5.69 Å². The minimum atomic E-state index is -1.29. The molecule has 2 saturated heterocycles. The fraction of sp³-hybridized carbons (Fsp3) is 0.632. The van der Waals surface area contributed by atoms with Crippen LogP contribution in [0.15, 0.2) is 24.5 Å². The first-order valence-electron chi connectivity index (χ1n) is 9.48. The number of halogens is 1. The average molecular weight is 397 g/mol. The zero-order chi connectivity index (χ0) is 18.6. The highest BCUT2D eigenvalue weighted by atomic mass is 35.5. The minimum absolute atomic E-state index is 0. The summed E-state index contributed by atoms with van der Waals surface area (Å²) in [5.41, 5.74) is -0.202. The second-order valence-electron chi connectivity index (χ2n) is 7.14. The van der Waals surface area contributed by atoms with Gasteiger partial charge in [0.15, 0.2) is 0 Å². The quantitative estimate of drug-likeness (QED) is 0.736. The monoisotopic (exact) mass is 396 g/mol. The molecule has 3 heterocycles. The number of nitrogens with zero attached hydrogens (tertiary/aromatic N) is 3. The number of carbonyl (C=O) groups is 2. The summed E-state index contributed by atoms with van der Waals surface area (Å²) < 4.78 is 0. The molecule has 7 nitrogen and oxygen atoms in total. The molecule has 1 amide bonds. The lowest BCUT2D eigenvalue weighted by Gasteiger charge is -2.43. The van der Waals surface area contributed by atoms with Gasteiger partial charge >= 0.3 is 5.97 Å². The van der Waals surface area contributed by atoms with E-state index in [2.05, 4.69) is 15.2 Å². The number of carboxylic acid groups (broad SMARTS) is 1. The number of carbonyl (C=O) groups excluding carboxylic acids is 1. The Labute approximate surface area is 166 Å². The van der Waals surface area contributed by atoms with Crippen LogP contribution in [0.25, 0.3) is 0 Å². The fourth-order valence-corrected chi connectivity index (χ4v) is 4.35. The molecule has 2 aliphatic rings. The SMILES string of the molecule is CCC(C(=O)O)(C(=O)N1CCN(c2ccncc2)CC1)C1CCNCC1.Cl. The number of rotatable bonds is 5. The van der Waals surface area contributed by atoms with E-state index in [0.717, 1.165) is 31.6 Å². The fourth-order valence-electron chi connectivity index (χ4n) is 4.35. The van der Waals surface area contributed by atoms with Gasteiger partial charge in [-0.05, 0) is 50.4 Å². The first-order valence-corrected chi connectivity index (χ1v) is 9.48. The van der Waals surface area contributed by atoms with Gasteiger partial charge in [0, 0.05) is 44.3 Å². The highest BCUT2D eigenvalue weighted by molar-refractivity contribution is 6.02. The van der Waals surface area contributed by atoms with Crippen molar-refractivity contribution in [1.82, 2.24) is 15.2 Å². The van der Waals surface area contributed by atoms with Crippen LogP contribution >= 0.6 is 12.4 Å². The largest absolute Gasteiger partial charge is 0.480 e. The zero-order valence-electron chi connectivity index (χ0n) is 15.8. The molecular formula is C19H29ClN4O3. The van der Waals surface area contributed by atoms with Crippen molar-refractivity contribution in [2.45, 2.75) is 26.2 Å². The maximum Gasteiger partial charge on any atom is 0.319 e. The van der Waals surface area contributed by atoms with Gasteiger partial charge in [-0.1, -0.05) is 6.92 Å². The van der Waals surface area contributed by atoms with Crippen LogP contribution in [-0.2, 0) is 9.59 Å². The molecule has 2 N–H and O–H groups in total. The third-order valence-electron chi connectivity index (χ3n) is 5.95. The lowest BCUT2D eigenvalue weighted by Crippen LogP contribution is -2.58. The van der Waals surface area contributed by atoms with Crippen LogP contribution in [0.1, 0.15) is 26.2 Å². The summed E-state index contributed by atoms with van der Waals surface area (Å²) in [5, 5.41) is 13.3. The smallest absolute Gasteiger partial charge is 0.319 e. The van der Waals surface area contributed by atoms with Crippen LogP contribution in [0, 0.1) is 11.3 Å². The van der Waals surface area contributed by atoms with Crippen LogP contribution in [-0.4, -0.2) is 66.1 Å². The summed E-state index contributed by atoms with van der Waals surface area (Å²) in [6.45, 7) is 5.93. The third-order valence-corrected chi connectivity index (χ3v) is 5.95. The van der Waals surface area contributed by atoms with E-state index in [1.54, 1.807) is 17.3 Å². The second kappa shape index (κ2) is 9.37. The van der Waals surface area contributed by atoms with E-state index in [1.807, 2.05) is 19.1 Å². The van der Waals surface area contributed by atoms with Crippen molar-refractivity contribution >= 4 is 30.0 Å². The molecule has 27 heavy (non-hydrogen) atoms. The molecule has 0 spiro atoms. The van der Waals surface area contributed by atoms with E-state index in [9.17, 15) is 14.7 Å². The Kier molecular flexibility index (Phi) is 7.44. The van der Waals surface area contributed by atoms with E-state index in [0.29, 0.717) is 32.6 Å².